The Morgan fingerprint density at radius 1 is 1.30 bits per heavy atom. The van der Waals surface area contributed by atoms with Crippen molar-refractivity contribution in [2.24, 2.45) is 0 Å². The summed E-state index contributed by atoms with van der Waals surface area (Å²) in [6, 6.07) is 5.91. The fourth-order valence-electron chi connectivity index (χ4n) is 1.91. The number of nitro benzene ring substituents is 1. The van der Waals surface area contributed by atoms with Crippen molar-refractivity contribution in [3.63, 3.8) is 0 Å². The lowest BCUT2D eigenvalue weighted by Crippen LogP contribution is -2.05. The minimum absolute atomic E-state index is 0.151. The molecule has 2 rings (SSSR count). The molecule has 1 aromatic heterocycles. The Morgan fingerprint density at radius 3 is 2.65 bits per heavy atom. The van der Waals surface area contributed by atoms with Crippen LogP contribution in [0.1, 0.15) is 15.9 Å². The van der Waals surface area contributed by atoms with Gasteiger partial charge in [-0.05, 0) is 30.2 Å². The van der Waals surface area contributed by atoms with Crippen LogP contribution in [0.2, 0.25) is 0 Å². The van der Waals surface area contributed by atoms with Crippen LogP contribution in [0.25, 0.3) is 11.1 Å². The zero-order chi connectivity index (χ0) is 14.7. The van der Waals surface area contributed by atoms with Crippen molar-refractivity contribution in [3.8, 4) is 11.1 Å². The third-order valence-corrected chi connectivity index (χ3v) is 2.95. The van der Waals surface area contributed by atoms with Crippen LogP contribution in [-0.2, 0) is 4.74 Å². The number of benzene rings is 1. The van der Waals surface area contributed by atoms with E-state index in [1.807, 2.05) is 6.92 Å². The Hall–Kier alpha value is -2.76. The third-order valence-electron chi connectivity index (χ3n) is 2.95. The maximum absolute atomic E-state index is 11.8. The zero-order valence-electron chi connectivity index (χ0n) is 11.0. The molecule has 0 aliphatic rings. The number of carbonyl (C=O) groups excluding carboxylic acids is 1. The van der Waals surface area contributed by atoms with Gasteiger partial charge in [-0.1, -0.05) is 0 Å². The van der Waals surface area contributed by atoms with Crippen LogP contribution >= 0.6 is 0 Å². The molecular formula is C14H12N2O4. The average molecular weight is 272 g/mol. The summed E-state index contributed by atoms with van der Waals surface area (Å²) in [5.74, 6) is -0.619. The highest BCUT2D eigenvalue weighted by molar-refractivity contribution is 5.98. The van der Waals surface area contributed by atoms with Crippen molar-refractivity contribution in [2.45, 2.75) is 6.92 Å². The quantitative estimate of drug-likeness (QED) is 0.487. The first kappa shape index (κ1) is 13.7. The van der Waals surface area contributed by atoms with E-state index in [-0.39, 0.29) is 11.3 Å². The first-order chi connectivity index (χ1) is 9.54. The number of aromatic nitrogens is 1. The highest BCUT2D eigenvalue weighted by atomic mass is 16.6. The summed E-state index contributed by atoms with van der Waals surface area (Å²) < 4.78 is 4.69. The molecule has 102 valence electrons. The number of carbonyl (C=O) groups is 1. The van der Waals surface area contributed by atoms with Crippen LogP contribution in [0.4, 0.5) is 5.69 Å². The van der Waals surface area contributed by atoms with Gasteiger partial charge in [0.1, 0.15) is 0 Å². The van der Waals surface area contributed by atoms with Crippen molar-refractivity contribution in [2.75, 3.05) is 7.11 Å². The summed E-state index contributed by atoms with van der Waals surface area (Å²) in [6.45, 7) is 1.87. The van der Waals surface area contributed by atoms with E-state index < -0.39 is 10.9 Å². The van der Waals surface area contributed by atoms with Gasteiger partial charge in [0.25, 0.3) is 5.69 Å². The standard InChI is InChI=1S/C14H12N2O4/c1-9-5-6-15-8-13(9)11-4-3-10(16(18)19)7-12(11)14(17)20-2/h3-8H,1-2H3. The van der Waals surface area contributed by atoms with Gasteiger partial charge in [-0.25, -0.2) is 4.79 Å². The normalized spacial score (nSPS) is 10.1. The lowest BCUT2D eigenvalue weighted by atomic mass is 9.97. The molecule has 0 spiro atoms. The predicted molar refractivity (Wildman–Crippen MR) is 72.4 cm³/mol. The number of nitro groups is 1. The molecule has 2 aromatic rings. The van der Waals surface area contributed by atoms with E-state index in [0.717, 1.165) is 11.1 Å². The number of methoxy groups -OCH3 is 1. The monoisotopic (exact) mass is 272 g/mol. The summed E-state index contributed by atoms with van der Waals surface area (Å²) in [7, 11) is 1.24. The Kier molecular flexibility index (Phi) is 3.74. The van der Waals surface area contributed by atoms with Crippen LogP contribution in [0, 0.1) is 17.0 Å². The summed E-state index contributed by atoms with van der Waals surface area (Å²) in [5, 5.41) is 10.8. The molecule has 0 aliphatic heterocycles. The van der Waals surface area contributed by atoms with Crippen molar-refractivity contribution >= 4 is 11.7 Å². The lowest BCUT2D eigenvalue weighted by Gasteiger charge is -2.10. The Morgan fingerprint density at radius 2 is 2.05 bits per heavy atom. The van der Waals surface area contributed by atoms with Gasteiger partial charge in [-0.3, -0.25) is 15.1 Å². The number of pyridine rings is 1. The number of rotatable bonds is 3. The van der Waals surface area contributed by atoms with Gasteiger partial charge in [0.15, 0.2) is 0 Å². The van der Waals surface area contributed by atoms with Crippen molar-refractivity contribution in [3.05, 3.63) is 57.9 Å². The molecule has 0 aliphatic carbocycles. The molecular weight excluding hydrogens is 260 g/mol. The van der Waals surface area contributed by atoms with Gasteiger partial charge in [0, 0.05) is 30.1 Å². The Labute approximate surface area is 115 Å². The SMILES string of the molecule is COC(=O)c1cc([N+](=O)[O-])ccc1-c1cnccc1C. The summed E-state index contributed by atoms with van der Waals surface area (Å²) in [5.41, 5.74) is 2.21. The first-order valence-corrected chi connectivity index (χ1v) is 5.82. The molecule has 0 saturated heterocycles. The number of aryl methyl sites for hydroxylation is 1. The van der Waals surface area contributed by atoms with Crippen LogP contribution in [0.5, 0.6) is 0 Å². The van der Waals surface area contributed by atoms with Crippen LogP contribution < -0.4 is 0 Å². The van der Waals surface area contributed by atoms with E-state index in [4.69, 9.17) is 4.74 Å². The van der Waals surface area contributed by atoms with Crippen LogP contribution in [0.15, 0.2) is 36.7 Å². The number of nitrogens with zero attached hydrogens (tertiary/aromatic N) is 2. The predicted octanol–water partition coefficient (Wildman–Crippen LogP) is 2.75. The molecule has 20 heavy (non-hydrogen) atoms. The van der Waals surface area contributed by atoms with Gasteiger partial charge in [0.2, 0.25) is 0 Å². The number of hydrogen-bond acceptors (Lipinski definition) is 5. The van der Waals surface area contributed by atoms with Gasteiger partial charge >= 0.3 is 5.97 Å². The molecule has 1 aromatic carbocycles. The Balaban J connectivity index is 2.67. The van der Waals surface area contributed by atoms with Gasteiger partial charge in [-0.2, -0.15) is 0 Å². The molecule has 1 heterocycles. The van der Waals surface area contributed by atoms with Gasteiger partial charge in [0.05, 0.1) is 17.6 Å². The second-order valence-corrected chi connectivity index (χ2v) is 4.17. The minimum atomic E-state index is -0.619. The van der Waals surface area contributed by atoms with Gasteiger partial charge in [-0.15, -0.1) is 0 Å². The summed E-state index contributed by atoms with van der Waals surface area (Å²) in [4.78, 5) is 26.1. The first-order valence-electron chi connectivity index (χ1n) is 5.82. The highest BCUT2D eigenvalue weighted by Gasteiger charge is 2.19. The van der Waals surface area contributed by atoms with Crippen LogP contribution in [-0.4, -0.2) is 23.0 Å². The van der Waals surface area contributed by atoms with E-state index in [2.05, 4.69) is 4.98 Å². The largest absolute Gasteiger partial charge is 0.465 e. The molecule has 0 amide bonds. The van der Waals surface area contributed by atoms with E-state index in [0.29, 0.717) is 5.56 Å². The second-order valence-electron chi connectivity index (χ2n) is 4.17. The number of esters is 1. The summed E-state index contributed by atoms with van der Waals surface area (Å²) >= 11 is 0. The van der Waals surface area contributed by atoms with Crippen molar-refractivity contribution in [1.29, 1.82) is 0 Å². The van der Waals surface area contributed by atoms with Crippen molar-refractivity contribution < 1.29 is 14.5 Å². The third kappa shape index (κ3) is 2.49. The molecule has 0 atom stereocenters. The fraction of sp³-hybridized carbons (Fsp3) is 0.143. The van der Waals surface area contributed by atoms with E-state index in [1.54, 1.807) is 18.5 Å². The molecule has 0 saturated carbocycles. The number of ether oxygens (including phenoxy) is 1. The number of hydrogen-bond donors (Lipinski definition) is 0. The highest BCUT2D eigenvalue weighted by Crippen LogP contribution is 2.29. The molecule has 0 unspecified atom stereocenters. The topological polar surface area (TPSA) is 82.3 Å². The van der Waals surface area contributed by atoms with E-state index in [9.17, 15) is 14.9 Å². The smallest absolute Gasteiger partial charge is 0.338 e. The summed E-state index contributed by atoms with van der Waals surface area (Å²) in [6.07, 6.45) is 3.25. The fourth-order valence-corrected chi connectivity index (χ4v) is 1.91. The minimum Gasteiger partial charge on any atom is -0.465 e. The maximum Gasteiger partial charge on any atom is 0.338 e. The van der Waals surface area contributed by atoms with Crippen LogP contribution in [0.3, 0.4) is 0 Å². The molecule has 6 nitrogen and oxygen atoms in total. The maximum atomic E-state index is 11.8. The molecule has 6 heteroatoms. The lowest BCUT2D eigenvalue weighted by molar-refractivity contribution is -0.384. The Bertz CT molecular complexity index is 683. The molecule has 0 bridgehead atoms. The molecule has 0 N–H and O–H groups in total. The second kappa shape index (κ2) is 5.48. The molecule has 0 fully saturated rings. The molecule has 0 radical (unpaired) electrons. The van der Waals surface area contributed by atoms with E-state index in [1.165, 1.54) is 25.3 Å². The average Bonchev–Trinajstić information content (AvgIpc) is 2.46. The van der Waals surface area contributed by atoms with E-state index >= 15 is 0 Å². The number of non-ortho nitro benzene ring substituents is 1. The van der Waals surface area contributed by atoms with Crippen molar-refractivity contribution in [1.82, 2.24) is 4.98 Å². The zero-order valence-corrected chi connectivity index (χ0v) is 11.0. The van der Waals surface area contributed by atoms with Gasteiger partial charge < -0.3 is 4.74 Å².